The molecule has 112 valence electrons. The molecule has 7 heteroatoms. The van der Waals surface area contributed by atoms with Gasteiger partial charge in [-0.2, -0.15) is 0 Å². The van der Waals surface area contributed by atoms with E-state index in [0.29, 0.717) is 15.4 Å². The van der Waals surface area contributed by atoms with E-state index in [1.54, 1.807) is 12.1 Å². The maximum Gasteiger partial charge on any atom is 0.272 e. The van der Waals surface area contributed by atoms with E-state index in [2.05, 4.69) is 4.49 Å². The Hall–Kier alpha value is -2.25. The van der Waals surface area contributed by atoms with Crippen molar-refractivity contribution in [3.05, 3.63) is 59.8 Å². The molecular formula is C15H12N2O3S2. The normalized spacial score (nSPS) is 11.5. The van der Waals surface area contributed by atoms with Gasteiger partial charge in [-0.3, -0.25) is 0 Å². The van der Waals surface area contributed by atoms with Gasteiger partial charge in [0.15, 0.2) is 9.84 Å². The number of rotatable bonds is 3. The van der Waals surface area contributed by atoms with Gasteiger partial charge >= 0.3 is 0 Å². The largest absolute Gasteiger partial charge is 0.593 e. The summed E-state index contributed by atoms with van der Waals surface area (Å²) < 4.78 is 26.8. The molecule has 0 aliphatic heterocycles. The van der Waals surface area contributed by atoms with Crippen LogP contribution < -0.4 is 4.85 Å². The lowest BCUT2D eigenvalue weighted by atomic mass is 10.1. The first-order valence-corrected chi connectivity index (χ1v) is 9.09. The van der Waals surface area contributed by atoms with Crippen LogP contribution in [0.1, 0.15) is 0 Å². The van der Waals surface area contributed by atoms with E-state index in [9.17, 15) is 13.6 Å². The lowest BCUT2D eigenvalue weighted by molar-refractivity contribution is -0.649. The fourth-order valence-corrected chi connectivity index (χ4v) is 3.52. The minimum absolute atomic E-state index is 0.247. The Bertz CT molecular complexity index is 902. The zero-order chi connectivity index (χ0) is 15.7. The van der Waals surface area contributed by atoms with Crippen LogP contribution in [0.3, 0.4) is 0 Å². The molecule has 1 heterocycles. The molecule has 3 rings (SSSR count). The molecule has 0 N–H and O–H groups in total. The van der Waals surface area contributed by atoms with Gasteiger partial charge in [0.1, 0.15) is 4.88 Å². The van der Waals surface area contributed by atoms with Crippen molar-refractivity contribution in [3.63, 3.8) is 0 Å². The van der Waals surface area contributed by atoms with Gasteiger partial charge in [0.2, 0.25) is 0 Å². The van der Waals surface area contributed by atoms with E-state index in [1.165, 1.54) is 12.1 Å². The summed E-state index contributed by atoms with van der Waals surface area (Å²) in [6, 6.07) is 15.7. The summed E-state index contributed by atoms with van der Waals surface area (Å²) in [6.07, 6.45) is 1.16. The molecule has 1 aromatic heterocycles. The van der Waals surface area contributed by atoms with Crippen molar-refractivity contribution < 1.29 is 13.3 Å². The highest BCUT2D eigenvalue weighted by Crippen LogP contribution is 2.32. The van der Waals surface area contributed by atoms with E-state index >= 15 is 0 Å². The Morgan fingerprint density at radius 3 is 2.23 bits per heavy atom. The lowest BCUT2D eigenvalue weighted by Gasteiger charge is -2.02. The van der Waals surface area contributed by atoms with Crippen molar-refractivity contribution in [1.29, 1.82) is 0 Å². The Balaban J connectivity index is 2.11. The molecule has 0 saturated heterocycles. The fourth-order valence-electron chi connectivity index (χ4n) is 2.13. The number of hydrogen-bond donors (Lipinski definition) is 0. The predicted molar refractivity (Wildman–Crippen MR) is 85.1 cm³/mol. The summed E-state index contributed by atoms with van der Waals surface area (Å²) in [5, 5.41) is 12.0. The molecule has 22 heavy (non-hydrogen) atoms. The second-order valence-corrected chi connectivity index (χ2v) is 7.56. The molecule has 5 nitrogen and oxygen atoms in total. The van der Waals surface area contributed by atoms with Gasteiger partial charge in [-0.25, -0.2) is 8.42 Å². The van der Waals surface area contributed by atoms with E-state index in [0.717, 1.165) is 28.9 Å². The minimum atomic E-state index is -3.24. The van der Waals surface area contributed by atoms with Crippen molar-refractivity contribution in [2.75, 3.05) is 6.26 Å². The topological polar surface area (TPSA) is 74.0 Å². The van der Waals surface area contributed by atoms with Crippen LogP contribution in [0, 0.1) is 5.21 Å². The lowest BCUT2D eigenvalue weighted by Crippen LogP contribution is -2.29. The molecule has 0 fully saturated rings. The SMILES string of the molecule is CS(=O)(=O)c1ccc(-c2sn[n+]([O-])c2-c2ccccc2)cc1. The third kappa shape index (κ3) is 2.72. The van der Waals surface area contributed by atoms with Gasteiger partial charge in [-0.15, -0.1) is 0 Å². The van der Waals surface area contributed by atoms with Crippen LogP contribution in [-0.2, 0) is 9.84 Å². The van der Waals surface area contributed by atoms with Crippen molar-refractivity contribution in [2.45, 2.75) is 4.90 Å². The van der Waals surface area contributed by atoms with Crippen molar-refractivity contribution in [1.82, 2.24) is 4.49 Å². The smallest absolute Gasteiger partial charge is 0.272 e. The summed E-state index contributed by atoms with van der Waals surface area (Å²) >= 11 is 1.09. The Morgan fingerprint density at radius 1 is 1.00 bits per heavy atom. The average Bonchev–Trinajstić information content (AvgIpc) is 2.89. The molecule has 0 aliphatic carbocycles. The molecule has 0 spiro atoms. The van der Waals surface area contributed by atoms with Gasteiger partial charge in [0.25, 0.3) is 5.69 Å². The van der Waals surface area contributed by atoms with E-state index in [1.807, 2.05) is 30.3 Å². The van der Waals surface area contributed by atoms with Gasteiger partial charge in [0, 0.05) is 23.4 Å². The van der Waals surface area contributed by atoms with E-state index in [-0.39, 0.29) is 4.90 Å². The Labute approximate surface area is 132 Å². The zero-order valence-electron chi connectivity index (χ0n) is 11.6. The number of sulfone groups is 1. The van der Waals surface area contributed by atoms with Gasteiger partial charge in [0.05, 0.1) is 14.9 Å². The highest BCUT2D eigenvalue weighted by Gasteiger charge is 2.22. The molecular weight excluding hydrogens is 320 g/mol. The van der Waals surface area contributed by atoms with Gasteiger partial charge in [-0.05, 0) is 29.1 Å². The molecule has 0 atom stereocenters. The van der Waals surface area contributed by atoms with Crippen LogP contribution in [0.2, 0.25) is 0 Å². The third-order valence-corrected chi connectivity index (χ3v) is 5.17. The van der Waals surface area contributed by atoms with Crippen molar-refractivity contribution in [2.24, 2.45) is 0 Å². The fraction of sp³-hybridized carbons (Fsp3) is 0.0667. The van der Waals surface area contributed by atoms with E-state index in [4.69, 9.17) is 0 Å². The summed E-state index contributed by atoms with van der Waals surface area (Å²) in [4.78, 5) is 1.55. The summed E-state index contributed by atoms with van der Waals surface area (Å²) in [7, 11) is -3.24. The van der Waals surface area contributed by atoms with Crippen LogP contribution >= 0.6 is 11.5 Å². The van der Waals surface area contributed by atoms with Crippen molar-refractivity contribution in [3.8, 4) is 21.7 Å². The number of benzene rings is 2. The monoisotopic (exact) mass is 332 g/mol. The summed E-state index contributed by atoms with van der Waals surface area (Å²) in [5.74, 6) is 0. The molecule has 0 saturated carbocycles. The minimum Gasteiger partial charge on any atom is -0.593 e. The Kier molecular flexibility index (Phi) is 3.67. The molecule has 2 aromatic carbocycles. The number of hydrogen-bond acceptors (Lipinski definition) is 5. The molecule has 3 aromatic rings. The van der Waals surface area contributed by atoms with Crippen LogP contribution in [-0.4, -0.2) is 19.2 Å². The van der Waals surface area contributed by atoms with Crippen LogP contribution in [0.15, 0.2) is 59.5 Å². The summed E-state index contributed by atoms with van der Waals surface area (Å²) in [6.45, 7) is 0. The van der Waals surface area contributed by atoms with E-state index < -0.39 is 9.84 Å². The molecule has 0 bridgehead atoms. The Morgan fingerprint density at radius 2 is 1.64 bits per heavy atom. The molecule has 0 amide bonds. The van der Waals surface area contributed by atoms with Crippen LogP contribution in [0.4, 0.5) is 0 Å². The zero-order valence-corrected chi connectivity index (χ0v) is 13.3. The van der Waals surface area contributed by atoms with Gasteiger partial charge in [-0.1, -0.05) is 30.3 Å². The first-order chi connectivity index (χ1) is 10.5. The summed E-state index contributed by atoms with van der Waals surface area (Å²) in [5.41, 5.74) is 2.00. The second kappa shape index (κ2) is 5.51. The first-order valence-electron chi connectivity index (χ1n) is 6.42. The van der Waals surface area contributed by atoms with Crippen LogP contribution in [0.5, 0.6) is 0 Å². The molecule has 0 unspecified atom stereocenters. The second-order valence-electron chi connectivity index (χ2n) is 4.79. The molecule has 0 aliphatic rings. The molecule has 0 radical (unpaired) electrons. The maximum atomic E-state index is 12.0. The quantitative estimate of drug-likeness (QED) is 0.545. The number of aromatic nitrogens is 2. The maximum absolute atomic E-state index is 12.0. The first kappa shape index (κ1) is 14.7. The van der Waals surface area contributed by atoms with Crippen LogP contribution in [0.25, 0.3) is 21.7 Å². The third-order valence-electron chi connectivity index (χ3n) is 3.20. The predicted octanol–water partition coefficient (Wildman–Crippen LogP) is 2.51. The standard InChI is InChI=1S/C15H12N2O3S2/c1-22(19,20)13-9-7-12(8-10-13)15-14(17(18)16-21-15)11-5-3-2-4-6-11/h2-10H,1H3. The number of nitrogens with zero attached hydrogens (tertiary/aromatic N) is 2. The van der Waals surface area contributed by atoms with Gasteiger partial charge < -0.3 is 5.21 Å². The average molecular weight is 332 g/mol. The van der Waals surface area contributed by atoms with Crippen molar-refractivity contribution >= 4 is 21.4 Å². The highest BCUT2D eigenvalue weighted by atomic mass is 32.2. The highest BCUT2D eigenvalue weighted by molar-refractivity contribution is 7.90.